The Morgan fingerprint density at radius 1 is 1.40 bits per heavy atom. The fraction of sp³-hybridized carbons (Fsp3) is 0.400. The van der Waals surface area contributed by atoms with Crippen LogP contribution in [0.1, 0.15) is 23.5 Å². The number of benzene rings is 1. The van der Waals surface area contributed by atoms with E-state index in [0.717, 1.165) is 19.4 Å². The van der Waals surface area contributed by atoms with E-state index in [9.17, 15) is 0 Å². The zero-order valence-corrected chi connectivity index (χ0v) is 12.0. The fourth-order valence-electron chi connectivity index (χ4n) is 3.85. The summed E-state index contributed by atoms with van der Waals surface area (Å²) in [4.78, 5) is 3.39. The van der Waals surface area contributed by atoms with Crippen LogP contribution in [0.25, 0.3) is 10.9 Å². The topological polar surface area (TPSA) is 65.9 Å². The van der Waals surface area contributed by atoms with Gasteiger partial charge in [0.05, 0.1) is 0 Å². The van der Waals surface area contributed by atoms with Crippen molar-refractivity contribution in [2.75, 3.05) is 6.54 Å². The molecule has 0 bridgehead atoms. The second kappa shape index (κ2) is 4.46. The van der Waals surface area contributed by atoms with E-state index in [1.807, 2.05) is 0 Å². The molecule has 4 rings (SSSR count). The molecule has 1 fully saturated rings. The van der Waals surface area contributed by atoms with Gasteiger partial charge in [0.25, 0.3) is 0 Å². The zero-order chi connectivity index (χ0) is 13.7. The average Bonchev–Trinajstić information content (AvgIpc) is 2.84. The highest BCUT2D eigenvalue weighted by atomic mass is 32.1. The summed E-state index contributed by atoms with van der Waals surface area (Å²) in [6.45, 7) is 0.925. The number of thiocarbonyl (C=S) groups is 1. The molecular weight excluding hydrogens is 268 g/mol. The third kappa shape index (κ3) is 1.81. The van der Waals surface area contributed by atoms with E-state index < -0.39 is 0 Å². The van der Waals surface area contributed by atoms with Crippen molar-refractivity contribution in [3.05, 3.63) is 35.5 Å². The van der Waals surface area contributed by atoms with E-state index in [4.69, 9.17) is 18.0 Å². The van der Waals surface area contributed by atoms with E-state index in [0.29, 0.717) is 23.1 Å². The number of fused-ring (bicyclic) bond motifs is 2. The summed E-state index contributed by atoms with van der Waals surface area (Å²) in [5.41, 5.74) is 9.76. The van der Waals surface area contributed by atoms with Crippen LogP contribution >= 0.6 is 12.2 Å². The molecule has 1 aromatic heterocycles. The zero-order valence-electron chi connectivity index (χ0n) is 11.1. The summed E-state index contributed by atoms with van der Waals surface area (Å²) in [6.07, 6.45) is 4.34. The molecule has 5 N–H and O–H groups in total. The molecule has 2 unspecified atom stereocenters. The molecule has 1 aliphatic carbocycles. The lowest BCUT2D eigenvalue weighted by molar-refractivity contribution is 0.303. The Bertz CT molecular complexity index is 678. The first-order valence-electron chi connectivity index (χ1n) is 7.10. The van der Waals surface area contributed by atoms with E-state index in [2.05, 4.69) is 40.0 Å². The van der Waals surface area contributed by atoms with Crippen molar-refractivity contribution in [1.29, 1.82) is 0 Å². The van der Waals surface area contributed by atoms with Crippen molar-refractivity contribution in [2.24, 2.45) is 5.73 Å². The molecule has 1 saturated heterocycles. The molecule has 2 aliphatic rings. The third-order valence-electron chi connectivity index (χ3n) is 4.66. The highest BCUT2D eigenvalue weighted by Crippen LogP contribution is 2.40. The second-order valence-corrected chi connectivity index (χ2v) is 6.29. The number of hydrogen-bond donors (Lipinski definition) is 4. The van der Waals surface area contributed by atoms with Crippen molar-refractivity contribution < 1.29 is 0 Å². The number of aromatic amines is 1. The van der Waals surface area contributed by atoms with Gasteiger partial charge in [-0.2, -0.15) is 0 Å². The first-order chi connectivity index (χ1) is 9.72. The number of rotatable bonds is 1. The summed E-state index contributed by atoms with van der Waals surface area (Å²) in [6, 6.07) is 7.41. The van der Waals surface area contributed by atoms with Gasteiger partial charge in [-0.15, -0.1) is 0 Å². The molecule has 0 spiro atoms. The van der Waals surface area contributed by atoms with Crippen molar-refractivity contribution in [3.8, 4) is 0 Å². The highest BCUT2D eigenvalue weighted by Gasteiger charge is 2.36. The van der Waals surface area contributed by atoms with Gasteiger partial charge in [0.2, 0.25) is 0 Å². The third-order valence-corrected chi connectivity index (χ3v) is 4.77. The molecular formula is C15H18N4S. The van der Waals surface area contributed by atoms with Crippen LogP contribution in [-0.4, -0.2) is 28.7 Å². The lowest BCUT2D eigenvalue weighted by Crippen LogP contribution is -2.55. The van der Waals surface area contributed by atoms with Crippen LogP contribution in [0.5, 0.6) is 0 Å². The number of piperidine rings is 1. The van der Waals surface area contributed by atoms with Crippen LogP contribution in [0.3, 0.4) is 0 Å². The van der Waals surface area contributed by atoms with Crippen LogP contribution in [0.4, 0.5) is 0 Å². The predicted octanol–water partition coefficient (Wildman–Crippen LogP) is 1.37. The molecule has 0 amide bonds. The SMILES string of the molecule is NC(=S)NC1CN[C@@H]2Cc3c[nH]c4cccc(c34)C2C1. The largest absolute Gasteiger partial charge is 0.376 e. The minimum Gasteiger partial charge on any atom is -0.376 e. The fourth-order valence-corrected chi connectivity index (χ4v) is 4.02. The number of nitrogens with two attached hydrogens (primary N) is 1. The molecule has 1 aromatic carbocycles. The molecule has 0 radical (unpaired) electrons. The van der Waals surface area contributed by atoms with Crippen LogP contribution in [0.15, 0.2) is 24.4 Å². The Morgan fingerprint density at radius 2 is 2.30 bits per heavy atom. The second-order valence-electron chi connectivity index (χ2n) is 5.85. The minimum atomic E-state index is 0.324. The maximum Gasteiger partial charge on any atom is 0.163 e. The van der Waals surface area contributed by atoms with Gasteiger partial charge in [0.1, 0.15) is 0 Å². The van der Waals surface area contributed by atoms with Gasteiger partial charge < -0.3 is 21.4 Å². The Labute approximate surface area is 123 Å². The van der Waals surface area contributed by atoms with Gasteiger partial charge in [0.15, 0.2) is 5.11 Å². The smallest absolute Gasteiger partial charge is 0.163 e. The van der Waals surface area contributed by atoms with Gasteiger partial charge in [-0.3, -0.25) is 0 Å². The Morgan fingerprint density at radius 3 is 3.15 bits per heavy atom. The molecule has 0 saturated carbocycles. The Balaban J connectivity index is 1.73. The van der Waals surface area contributed by atoms with E-state index in [-0.39, 0.29) is 0 Å². The molecule has 3 atom stereocenters. The molecule has 2 aromatic rings. The maximum atomic E-state index is 5.62. The quantitative estimate of drug-likeness (QED) is 0.598. The van der Waals surface area contributed by atoms with Gasteiger partial charge in [-0.05, 0) is 42.3 Å². The predicted molar refractivity (Wildman–Crippen MR) is 84.9 cm³/mol. The van der Waals surface area contributed by atoms with Crippen LogP contribution in [-0.2, 0) is 6.42 Å². The van der Waals surface area contributed by atoms with Crippen LogP contribution in [0.2, 0.25) is 0 Å². The van der Waals surface area contributed by atoms with Crippen molar-refractivity contribution in [3.63, 3.8) is 0 Å². The average molecular weight is 286 g/mol. The number of hydrogen-bond acceptors (Lipinski definition) is 2. The van der Waals surface area contributed by atoms with Gasteiger partial charge in [0, 0.05) is 41.6 Å². The monoisotopic (exact) mass is 286 g/mol. The highest BCUT2D eigenvalue weighted by molar-refractivity contribution is 7.80. The lowest BCUT2D eigenvalue weighted by atomic mass is 9.75. The lowest BCUT2D eigenvalue weighted by Gasteiger charge is -2.40. The standard InChI is InChI=1S/C15H18N4S/c16-15(20)19-9-5-11-10-2-1-3-12-14(10)8(6-17-12)4-13(11)18-7-9/h1-3,6,9,11,13,17-18H,4-5,7H2,(H3,16,19,20)/t9?,11?,13-/m1/s1. The van der Waals surface area contributed by atoms with E-state index >= 15 is 0 Å². The molecule has 20 heavy (non-hydrogen) atoms. The van der Waals surface area contributed by atoms with Gasteiger partial charge >= 0.3 is 0 Å². The van der Waals surface area contributed by atoms with Crippen molar-refractivity contribution in [2.45, 2.75) is 30.8 Å². The number of H-pyrrole nitrogens is 1. The number of aromatic nitrogens is 1. The van der Waals surface area contributed by atoms with Gasteiger partial charge in [-0.25, -0.2) is 0 Å². The van der Waals surface area contributed by atoms with Crippen molar-refractivity contribution >= 4 is 28.2 Å². The van der Waals surface area contributed by atoms with Gasteiger partial charge in [-0.1, -0.05) is 12.1 Å². The minimum absolute atomic E-state index is 0.324. The summed E-state index contributed by atoms with van der Waals surface area (Å²) >= 11 is 4.97. The molecule has 4 nitrogen and oxygen atoms in total. The first kappa shape index (κ1) is 12.2. The molecule has 104 valence electrons. The summed E-state index contributed by atoms with van der Waals surface area (Å²) in [5.74, 6) is 0.530. The summed E-state index contributed by atoms with van der Waals surface area (Å²) in [7, 11) is 0. The van der Waals surface area contributed by atoms with E-state index in [1.165, 1.54) is 22.0 Å². The first-order valence-corrected chi connectivity index (χ1v) is 7.51. The summed E-state index contributed by atoms with van der Waals surface area (Å²) in [5, 5.41) is 8.68. The maximum absolute atomic E-state index is 5.62. The molecule has 2 heterocycles. The van der Waals surface area contributed by atoms with Crippen LogP contribution < -0.4 is 16.4 Å². The summed E-state index contributed by atoms with van der Waals surface area (Å²) < 4.78 is 0. The molecule has 5 heteroatoms. The Hall–Kier alpha value is -1.59. The van der Waals surface area contributed by atoms with Crippen molar-refractivity contribution in [1.82, 2.24) is 15.6 Å². The van der Waals surface area contributed by atoms with Crippen LogP contribution in [0, 0.1) is 0 Å². The Kier molecular flexibility index (Phi) is 2.72. The molecule has 1 aliphatic heterocycles. The van der Waals surface area contributed by atoms with E-state index in [1.54, 1.807) is 0 Å². The number of nitrogens with one attached hydrogen (secondary N) is 3. The normalized spacial score (nSPS) is 28.1.